The molecule has 0 spiro atoms. The minimum atomic E-state index is -0.548. The van der Waals surface area contributed by atoms with Gasteiger partial charge in [-0.2, -0.15) is 5.01 Å². The molecule has 5 nitrogen and oxygen atoms in total. The third-order valence-electron chi connectivity index (χ3n) is 3.95. The Morgan fingerprint density at radius 2 is 2.00 bits per heavy atom. The third-order valence-corrected chi connectivity index (χ3v) is 3.95. The van der Waals surface area contributed by atoms with E-state index in [4.69, 9.17) is 4.74 Å². The van der Waals surface area contributed by atoms with Gasteiger partial charge in [-0.1, -0.05) is 48.9 Å². The summed E-state index contributed by atoms with van der Waals surface area (Å²) in [6.07, 6.45) is 4.84. The zero-order valence-electron chi connectivity index (χ0n) is 12.6. The van der Waals surface area contributed by atoms with Gasteiger partial charge in [-0.15, -0.1) is 0 Å². The SMILES string of the molecule is CC1=C[C@H]2[C@H](C)C(=O)N2N(C(=O)OCc2ccccc2)C=C1. The first kappa shape index (κ1) is 14.4. The number of ether oxygens (including phenoxy) is 1. The van der Waals surface area contributed by atoms with Gasteiger partial charge < -0.3 is 4.74 Å². The average molecular weight is 298 g/mol. The number of carbonyl (C=O) groups excluding carboxylic acids is 2. The van der Waals surface area contributed by atoms with Crippen LogP contribution in [0, 0.1) is 5.92 Å². The highest BCUT2D eigenvalue weighted by molar-refractivity contribution is 5.88. The Bertz CT molecular complexity index is 651. The molecule has 2 atom stereocenters. The molecule has 1 saturated heterocycles. The predicted octanol–water partition coefficient (Wildman–Crippen LogP) is 2.86. The molecule has 0 N–H and O–H groups in total. The van der Waals surface area contributed by atoms with E-state index in [0.29, 0.717) is 0 Å². The molecule has 1 aromatic rings. The van der Waals surface area contributed by atoms with Crippen LogP contribution < -0.4 is 0 Å². The molecule has 22 heavy (non-hydrogen) atoms. The monoisotopic (exact) mass is 298 g/mol. The van der Waals surface area contributed by atoms with Gasteiger partial charge in [-0.3, -0.25) is 4.79 Å². The van der Waals surface area contributed by atoms with Gasteiger partial charge >= 0.3 is 6.09 Å². The van der Waals surface area contributed by atoms with Crippen LogP contribution in [0.25, 0.3) is 0 Å². The summed E-state index contributed by atoms with van der Waals surface area (Å²) in [4.78, 5) is 24.4. The summed E-state index contributed by atoms with van der Waals surface area (Å²) in [7, 11) is 0. The van der Waals surface area contributed by atoms with Crippen molar-refractivity contribution >= 4 is 12.0 Å². The van der Waals surface area contributed by atoms with Crippen molar-refractivity contribution in [2.75, 3.05) is 0 Å². The Balaban J connectivity index is 1.71. The molecular weight excluding hydrogens is 280 g/mol. The number of allylic oxidation sites excluding steroid dienone is 2. The van der Waals surface area contributed by atoms with Crippen LogP contribution in [0.5, 0.6) is 0 Å². The molecule has 0 aromatic heterocycles. The Morgan fingerprint density at radius 3 is 2.73 bits per heavy atom. The number of hydrogen-bond acceptors (Lipinski definition) is 3. The first-order valence-corrected chi connectivity index (χ1v) is 7.27. The summed E-state index contributed by atoms with van der Waals surface area (Å²) in [6.45, 7) is 3.99. The number of hydrogen-bond donors (Lipinski definition) is 0. The molecule has 2 aliphatic heterocycles. The molecule has 0 saturated carbocycles. The number of β-lactam (4-membered cyclic amide) rings is 1. The first-order chi connectivity index (χ1) is 10.6. The van der Waals surface area contributed by atoms with E-state index in [1.807, 2.05) is 56.3 Å². The zero-order valence-corrected chi connectivity index (χ0v) is 12.6. The van der Waals surface area contributed by atoms with E-state index in [0.717, 1.165) is 11.1 Å². The maximum atomic E-state index is 12.3. The van der Waals surface area contributed by atoms with Crippen molar-refractivity contribution in [2.45, 2.75) is 26.5 Å². The number of hydrazine groups is 1. The van der Waals surface area contributed by atoms with Crippen LogP contribution in [-0.4, -0.2) is 28.1 Å². The van der Waals surface area contributed by atoms with Crippen LogP contribution in [0.15, 0.2) is 54.3 Å². The van der Waals surface area contributed by atoms with Crippen LogP contribution in [0.1, 0.15) is 19.4 Å². The van der Waals surface area contributed by atoms with Crippen molar-refractivity contribution in [3.8, 4) is 0 Å². The molecule has 1 fully saturated rings. The second-order valence-corrected chi connectivity index (χ2v) is 5.57. The van der Waals surface area contributed by atoms with Crippen LogP contribution >= 0.6 is 0 Å². The molecular formula is C17H18N2O3. The van der Waals surface area contributed by atoms with Crippen LogP contribution in [0.4, 0.5) is 4.79 Å². The van der Waals surface area contributed by atoms with Gasteiger partial charge in [0.1, 0.15) is 6.61 Å². The number of amides is 2. The largest absolute Gasteiger partial charge is 0.443 e. The standard InChI is InChI=1S/C17H18N2O3/c1-12-8-9-18(19-15(10-12)13(2)16(19)20)17(21)22-11-14-6-4-3-5-7-14/h3-10,13,15H,11H2,1-2H3/t13-,15-/m0/s1. The van der Waals surface area contributed by atoms with Crippen molar-refractivity contribution in [1.82, 2.24) is 10.0 Å². The van der Waals surface area contributed by atoms with E-state index in [2.05, 4.69) is 0 Å². The lowest BCUT2D eigenvalue weighted by Crippen LogP contribution is -2.65. The van der Waals surface area contributed by atoms with E-state index in [1.54, 1.807) is 6.20 Å². The molecule has 0 bridgehead atoms. The minimum absolute atomic E-state index is 0.0720. The second-order valence-electron chi connectivity index (χ2n) is 5.57. The van der Waals surface area contributed by atoms with Crippen LogP contribution in [0.2, 0.25) is 0 Å². The molecule has 2 amide bonds. The van der Waals surface area contributed by atoms with Gasteiger partial charge in [0.2, 0.25) is 5.91 Å². The highest BCUT2D eigenvalue weighted by Crippen LogP contribution is 2.32. The number of fused-ring (bicyclic) bond motifs is 1. The molecule has 5 heteroatoms. The summed E-state index contributed by atoms with van der Waals surface area (Å²) in [5.74, 6) is -0.184. The van der Waals surface area contributed by atoms with Gasteiger partial charge in [0.25, 0.3) is 0 Å². The zero-order chi connectivity index (χ0) is 15.7. The predicted molar refractivity (Wildman–Crippen MR) is 81.2 cm³/mol. The second kappa shape index (κ2) is 5.67. The molecule has 114 valence electrons. The maximum Gasteiger partial charge on any atom is 0.433 e. The van der Waals surface area contributed by atoms with Crippen LogP contribution in [0.3, 0.4) is 0 Å². The lowest BCUT2D eigenvalue weighted by Gasteiger charge is -2.47. The average Bonchev–Trinajstić information content (AvgIpc) is 2.70. The molecule has 1 aromatic carbocycles. The van der Waals surface area contributed by atoms with E-state index in [9.17, 15) is 9.59 Å². The van der Waals surface area contributed by atoms with Crippen molar-refractivity contribution < 1.29 is 14.3 Å². The lowest BCUT2D eigenvalue weighted by atomic mass is 9.90. The Hall–Kier alpha value is -2.56. The number of rotatable bonds is 2. The van der Waals surface area contributed by atoms with Crippen molar-refractivity contribution in [2.24, 2.45) is 5.92 Å². The fraction of sp³-hybridized carbons (Fsp3) is 0.294. The summed E-state index contributed by atoms with van der Waals surface area (Å²) in [5.41, 5.74) is 1.93. The van der Waals surface area contributed by atoms with Gasteiger partial charge in [-0.05, 0) is 18.6 Å². The van der Waals surface area contributed by atoms with Gasteiger partial charge in [0.15, 0.2) is 0 Å². The highest BCUT2D eigenvalue weighted by atomic mass is 16.6. The Morgan fingerprint density at radius 1 is 1.27 bits per heavy atom. The van der Waals surface area contributed by atoms with E-state index < -0.39 is 6.09 Å². The number of benzene rings is 1. The van der Waals surface area contributed by atoms with E-state index in [-0.39, 0.29) is 24.5 Å². The molecule has 0 radical (unpaired) electrons. The fourth-order valence-electron chi connectivity index (χ4n) is 2.62. The molecule has 2 aliphatic rings. The maximum absolute atomic E-state index is 12.3. The van der Waals surface area contributed by atoms with E-state index >= 15 is 0 Å². The molecule has 0 unspecified atom stereocenters. The Labute approximate surface area is 129 Å². The Kier molecular flexibility index (Phi) is 3.71. The van der Waals surface area contributed by atoms with Gasteiger partial charge in [-0.25, -0.2) is 9.80 Å². The van der Waals surface area contributed by atoms with E-state index in [1.165, 1.54) is 10.0 Å². The number of nitrogens with zero attached hydrogens (tertiary/aromatic N) is 2. The van der Waals surface area contributed by atoms with Crippen molar-refractivity contribution in [1.29, 1.82) is 0 Å². The van der Waals surface area contributed by atoms with Gasteiger partial charge in [0.05, 0.1) is 12.0 Å². The lowest BCUT2D eigenvalue weighted by molar-refractivity contribution is -0.172. The molecule has 2 heterocycles. The normalized spacial score (nSPS) is 23.4. The first-order valence-electron chi connectivity index (χ1n) is 7.27. The summed E-state index contributed by atoms with van der Waals surface area (Å²) in [6, 6.07) is 9.36. The third kappa shape index (κ3) is 2.50. The summed E-state index contributed by atoms with van der Waals surface area (Å²) < 4.78 is 5.31. The van der Waals surface area contributed by atoms with Crippen LogP contribution in [-0.2, 0) is 16.1 Å². The molecule has 0 aliphatic carbocycles. The summed E-state index contributed by atoms with van der Waals surface area (Å²) >= 11 is 0. The van der Waals surface area contributed by atoms with Gasteiger partial charge in [0, 0.05) is 6.20 Å². The topological polar surface area (TPSA) is 49.9 Å². The van der Waals surface area contributed by atoms with Crippen molar-refractivity contribution in [3.63, 3.8) is 0 Å². The quantitative estimate of drug-likeness (QED) is 0.789. The highest BCUT2D eigenvalue weighted by Gasteiger charge is 2.48. The fourth-order valence-corrected chi connectivity index (χ4v) is 2.62. The van der Waals surface area contributed by atoms with Crippen molar-refractivity contribution in [3.05, 3.63) is 59.8 Å². The smallest absolute Gasteiger partial charge is 0.433 e. The number of carbonyl (C=O) groups is 2. The molecule has 3 rings (SSSR count). The minimum Gasteiger partial charge on any atom is -0.443 e. The summed E-state index contributed by atoms with van der Waals surface area (Å²) in [5, 5.41) is 2.72.